The summed E-state index contributed by atoms with van der Waals surface area (Å²) >= 11 is 0. The maximum atomic E-state index is 11.4. The molecule has 0 fully saturated rings. The molecule has 0 aromatic carbocycles. The molecule has 0 radical (unpaired) electrons. The molecular weight excluding hydrogens is 289 g/mol. The second-order valence-electron chi connectivity index (χ2n) is 3.29. The van der Waals surface area contributed by atoms with Crippen LogP contribution in [0.25, 0.3) is 0 Å². The summed E-state index contributed by atoms with van der Waals surface area (Å²) in [5.41, 5.74) is 0.0855. The lowest BCUT2D eigenvalue weighted by Gasteiger charge is -2.12. The molecule has 0 aliphatic heterocycles. The molecule has 1 aromatic heterocycles. The molecule has 8 nitrogen and oxygen atoms in total. The summed E-state index contributed by atoms with van der Waals surface area (Å²) in [6.45, 7) is 6.49. The highest BCUT2D eigenvalue weighted by molar-refractivity contribution is 7.41. The summed E-state index contributed by atoms with van der Waals surface area (Å²) in [6, 6.07) is 1.42. The van der Waals surface area contributed by atoms with Crippen LogP contribution < -0.4 is 0 Å². The van der Waals surface area contributed by atoms with Crippen LogP contribution in [0.4, 0.5) is 0 Å². The zero-order valence-corrected chi connectivity index (χ0v) is 12.6. The summed E-state index contributed by atoms with van der Waals surface area (Å²) in [5, 5.41) is 3.56. The molecule has 1 aromatic rings. The van der Waals surface area contributed by atoms with E-state index in [0.717, 1.165) is 0 Å². The maximum Gasteiger partial charge on any atom is 0.362 e. The molecule has 114 valence electrons. The molecule has 0 N–H and O–H groups in total. The topological polar surface area (TPSA) is 89.3 Å². The van der Waals surface area contributed by atoms with Crippen LogP contribution in [0.3, 0.4) is 0 Å². The number of hydrogen-bond acceptors (Lipinski definition) is 8. The predicted molar refractivity (Wildman–Crippen MR) is 68.5 cm³/mol. The molecule has 1 rings (SSSR count). The maximum absolute atomic E-state index is 11.4. The lowest BCUT2D eigenvalue weighted by atomic mass is 10.4. The van der Waals surface area contributed by atoms with Crippen LogP contribution in [0.15, 0.2) is 10.6 Å². The molecule has 20 heavy (non-hydrogen) atoms. The van der Waals surface area contributed by atoms with Gasteiger partial charge in [-0.2, -0.15) is 4.67 Å². The first-order valence-corrected chi connectivity index (χ1v) is 7.29. The zero-order valence-electron chi connectivity index (χ0n) is 11.7. The third-order valence-electron chi connectivity index (χ3n) is 1.83. The molecular formula is C11H18NO7P. The van der Waals surface area contributed by atoms with E-state index in [-0.39, 0.29) is 18.9 Å². The molecule has 0 aliphatic carbocycles. The van der Waals surface area contributed by atoms with Crippen molar-refractivity contribution < 1.29 is 32.7 Å². The van der Waals surface area contributed by atoms with E-state index in [4.69, 9.17) is 27.9 Å². The van der Waals surface area contributed by atoms with Crippen LogP contribution in [0, 0.1) is 0 Å². The van der Waals surface area contributed by atoms with Gasteiger partial charge in [-0.25, -0.2) is 9.68 Å². The van der Waals surface area contributed by atoms with Crippen LogP contribution in [0.1, 0.15) is 37.0 Å². The summed E-state index contributed by atoms with van der Waals surface area (Å²) in [7, 11) is -1.54. The van der Waals surface area contributed by atoms with Crippen molar-refractivity contribution in [2.75, 3.05) is 19.8 Å². The first-order chi connectivity index (χ1) is 9.71. The van der Waals surface area contributed by atoms with Crippen molar-refractivity contribution in [3.8, 4) is 0 Å². The Labute approximate surface area is 118 Å². The number of hydrogen-bond donors (Lipinski definition) is 0. The van der Waals surface area contributed by atoms with Gasteiger partial charge in [-0.1, -0.05) is 5.16 Å². The molecule has 1 heterocycles. The predicted octanol–water partition coefficient (Wildman–Crippen LogP) is 2.60. The van der Waals surface area contributed by atoms with E-state index in [1.807, 2.05) is 13.8 Å². The van der Waals surface area contributed by atoms with Gasteiger partial charge in [-0.05, 0) is 20.8 Å². The van der Waals surface area contributed by atoms with E-state index >= 15 is 0 Å². The zero-order chi connectivity index (χ0) is 14.8. The van der Waals surface area contributed by atoms with Gasteiger partial charge in [0.2, 0.25) is 0 Å². The van der Waals surface area contributed by atoms with Crippen molar-refractivity contribution >= 4 is 14.6 Å². The summed E-state index contributed by atoms with van der Waals surface area (Å²) in [5.74, 6) is -0.217. The fraction of sp³-hybridized carbons (Fsp3) is 0.636. The van der Waals surface area contributed by atoms with Crippen LogP contribution in [0.5, 0.6) is 0 Å². The van der Waals surface area contributed by atoms with Crippen molar-refractivity contribution in [2.45, 2.75) is 27.4 Å². The van der Waals surface area contributed by atoms with E-state index in [0.29, 0.717) is 19.0 Å². The third-order valence-corrected chi connectivity index (χ3v) is 2.99. The molecule has 0 spiro atoms. The summed E-state index contributed by atoms with van der Waals surface area (Å²) in [4.78, 5) is 16.3. The van der Waals surface area contributed by atoms with Crippen molar-refractivity contribution in [2.24, 2.45) is 0 Å². The standard InChI is InChI=1S/C11H18NO7P/c1-4-14-11(13)10-7-9(18-12-10)8-15-19-20(16-5-2)17-6-3/h7H,4-6,8H2,1-3H3. The van der Waals surface area contributed by atoms with Gasteiger partial charge in [-0.3, -0.25) is 0 Å². The Morgan fingerprint density at radius 3 is 2.55 bits per heavy atom. The minimum Gasteiger partial charge on any atom is -0.461 e. The van der Waals surface area contributed by atoms with Crippen molar-refractivity contribution in [3.63, 3.8) is 0 Å². The Balaban J connectivity index is 2.36. The fourth-order valence-electron chi connectivity index (χ4n) is 1.10. The van der Waals surface area contributed by atoms with E-state index < -0.39 is 14.6 Å². The number of ether oxygens (including phenoxy) is 1. The lowest BCUT2D eigenvalue weighted by Crippen LogP contribution is -2.04. The SMILES string of the molecule is CCOC(=O)c1cc(COOP(OCC)OCC)on1. The molecule has 0 unspecified atom stereocenters. The van der Waals surface area contributed by atoms with Crippen LogP contribution in [-0.4, -0.2) is 30.9 Å². The van der Waals surface area contributed by atoms with Gasteiger partial charge in [0.15, 0.2) is 11.5 Å². The van der Waals surface area contributed by atoms with Crippen molar-refractivity contribution in [3.05, 3.63) is 17.5 Å². The normalized spacial score (nSPS) is 11.0. The number of rotatable bonds is 10. The van der Waals surface area contributed by atoms with E-state index in [2.05, 4.69) is 5.16 Å². The smallest absolute Gasteiger partial charge is 0.362 e. The number of aromatic nitrogens is 1. The summed E-state index contributed by atoms with van der Waals surface area (Å²) < 4.78 is 25.0. The first kappa shape index (κ1) is 17.0. The Kier molecular flexibility index (Phi) is 8.32. The van der Waals surface area contributed by atoms with E-state index in [1.165, 1.54) is 6.07 Å². The molecule has 0 bridgehead atoms. The Bertz CT molecular complexity index is 392. The van der Waals surface area contributed by atoms with Crippen molar-refractivity contribution in [1.82, 2.24) is 5.16 Å². The number of nitrogens with zero attached hydrogens (tertiary/aromatic N) is 1. The van der Waals surface area contributed by atoms with Crippen LogP contribution in [0.2, 0.25) is 0 Å². The molecule has 0 saturated heterocycles. The molecule has 0 atom stereocenters. The molecule has 0 saturated carbocycles. The minimum atomic E-state index is -1.54. The molecule has 0 aliphatic rings. The van der Waals surface area contributed by atoms with Crippen LogP contribution >= 0.6 is 8.60 Å². The highest BCUT2D eigenvalue weighted by atomic mass is 31.2. The fourth-order valence-corrected chi connectivity index (χ4v) is 1.82. The molecule has 0 amide bonds. The third kappa shape index (κ3) is 5.94. The average Bonchev–Trinajstić information content (AvgIpc) is 2.88. The van der Waals surface area contributed by atoms with Gasteiger partial charge in [0.05, 0.1) is 19.8 Å². The van der Waals surface area contributed by atoms with Crippen molar-refractivity contribution in [1.29, 1.82) is 0 Å². The summed E-state index contributed by atoms with van der Waals surface area (Å²) in [6.07, 6.45) is 0. The largest absolute Gasteiger partial charge is 0.461 e. The van der Waals surface area contributed by atoms with Crippen LogP contribution in [-0.2, 0) is 30.0 Å². The highest BCUT2D eigenvalue weighted by Crippen LogP contribution is 2.39. The number of carbonyl (C=O) groups excluding carboxylic acids is 1. The highest BCUT2D eigenvalue weighted by Gasteiger charge is 2.16. The second-order valence-corrected chi connectivity index (χ2v) is 4.41. The Morgan fingerprint density at radius 2 is 1.95 bits per heavy atom. The van der Waals surface area contributed by atoms with Gasteiger partial charge in [0.25, 0.3) is 0 Å². The monoisotopic (exact) mass is 307 g/mol. The Morgan fingerprint density at radius 1 is 1.25 bits per heavy atom. The quantitative estimate of drug-likeness (QED) is 0.282. The molecule has 9 heteroatoms. The van der Waals surface area contributed by atoms with E-state index in [1.54, 1.807) is 6.92 Å². The van der Waals surface area contributed by atoms with Gasteiger partial charge in [0.1, 0.15) is 6.61 Å². The van der Waals surface area contributed by atoms with Gasteiger partial charge < -0.3 is 18.3 Å². The lowest BCUT2D eigenvalue weighted by molar-refractivity contribution is -0.231. The van der Waals surface area contributed by atoms with E-state index in [9.17, 15) is 4.79 Å². The van der Waals surface area contributed by atoms with Gasteiger partial charge in [-0.15, -0.1) is 0 Å². The number of esters is 1. The van der Waals surface area contributed by atoms with Gasteiger partial charge in [0, 0.05) is 6.07 Å². The Hall–Kier alpha value is -1.05. The second kappa shape index (κ2) is 9.79. The first-order valence-electron chi connectivity index (χ1n) is 6.19. The average molecular weight is 307 g/mol. The number of carbonyl (C=O) groups is 1. The van der Waals surface area contributed by atoms with Gasteiger partial charge >= 0.3 is 14.6 Å². The minimum absolute atomic E-state index is 0.0224.